The van der Waals surface area contributed by atoms with Crippen LogP contribution in [0.25, 0.3) is 0 Å². The van der Waals surface area contributed by atoms with Gasteiger partial charge in [0.2, 0.25) is 0 Å². The number of ether oxygens (including phenoxy) is 2. The summed E-state index contributed by atoms with van der Waals surface area (Å²) in [5.41, 5.74) is 5.75. The standard InChI is InChI=1S/C9H17NO2/c1-11-9-7(10)5-8(9)12-6-3-2-4-6/h6-9H,2-5,10H2,1H3. The third-order valence-electron chi connectivity index (χ3n) is 2.98. The minimum absolute atomic E-state index is 0.144. The van der Waals surface area contributed by atoms with Gasteiger partial charge in [0.1, 0.15) is 0 Å². The molecule has 2 rings (SSSR count). The Morgan fingerprint density at radius 1 is 1.33 bits per heavy atom. The third-order valence-corrected chi connectivity index (χ3v) is 2.98. The van der Waals surface area contributed by atoms with E-state index in [-0.39, 0.29) is 18.2 Å². The van der Waals surface area contributed by atoms with Gasteiger partial charge in [-0.2, -0.15) is 0 Å². The van der Waals surface area contributed by atoms with E-state index in [9.17, 15) is 0 Å². The zero-order valence-corrected chi connectivity index (χ0v) is 7.53. The number of hydrogen-bond donors (Lipinski definition) is 1. The number of methoxy groups -OCH3 is 1. The van der Waals surface area contributed by atoms with Crippen LogP contribution in [0.3, 0.4) is 0 Å². The Kier molecular flexibility index (Phi) is 2.35. The fourth-order valence-corrected chi connectivity index (χ4v) is 1.83. The minimum atomic E-state index is 0.144. The van der Waals surface area contributed by atoms with E-state index in [0.717, 1.165) is 6.42 Å². The van der Waals surface area contributed by atoms with E-state index in [4.69, 9.17) is 15.2 Å². The molecular formula is C9H17NO2. The molecule has 0 amide bonds. The maximum Gasteiger partial charge on any atom is 0.0984 e. The average molecular weight is 171 g/mol. The highest BCUT2D eigenvalue weighted by Gasteiger charge is 2.41. The largest absolute Gasteiger partial charge is 0.377 e. The SMILES string of the molecule is COC1C(N)CC1OC1CCC1. The molecule has 0 heterocycles. The van der Waals surface area contributed by atoms with Gasteiger partial charge in [-0.15, -0.1) is 0 Å². The molecule has 3 unspecified atom stereocenters. The van der Waals surface area contributed by atoms with Crippen LogP contribution in [0.5, 0.6) is 0 Å². The highest BCUT2D eigenvalue weighted by molar-refractivity contribution is 4.95. The van der Waals surface area contributed by atoms with Gasteiger partial charge >= 0.3 is 0 Å². The van der Waals surface area contributed by atoms with Gasteiger partial charge in [0.25, 0.3) is 0 Å². The minimum Gasteiger partial charge on any atom is -0.377 e. The van der Waals surface area contributed by atoms with Crippen LogP contribution in [0.4, 0.5) is 0 Å². The van der Waals surface area contributed by atoms with Crippen molar-refractivity contribution in [3.05, 3.63) is 0 Å². The van der Waals surface area contributed by atoms with Gasteiger partial charge in [0, 0.05) is 13.2 Å². The molecular weight excluding hydrogens is 154 g/mol. The lowest BCUT2D eigenvalue weighted by molar-refractivity contribution is -0.164. The lowest BCUT2D eigenvalue weighted by Gasteiger charge is -2.44. The zero-order chi connectivity index (χ0) is 8.55. The Balaban J connectivity index is 1.74. The third kappa shape index (κ3) is 1.37. The molecule has 70 valence electrons. The van der Waals surface area contributed by atoms with Crippen LogP contribution in [0.1, 0.15) is 25.7 Å². The normalized spacial score (nSPS) is 42.0. The second kappa shape index (κ2) is 3.32. The monoisotopic (exact) mass is 171 g/mol. The van der Waals surface area contributed by atoms with Gasteiger partial charge in [0.05, 0.1) is 18.3 Å². The lowest BCUT2D eigenvalue weighted by Crippen LogP contribution is -2.58. The number of nitrogens with two attached hydrogens (primary N) is 1. The second-order valence-corrected chi connectivity index (χ2v) is 3.83. The van der Waals surface area contributed by atoms with Crippen molar-refractivity contribution in [2.45, 2.75) is 50.0 Å². The molecule has 3 atom stereocenters. The summed E-state index contributed by atoms with van der Waals surface area (Å²) >= 11 is 0. The molecule has 0 saturated heterocycles. The maximum atomic E-state index is 5.79. The van der Waals surface area contributed by atoms with Crippen LogP contribution in [0.15, 0.2) is 0 Å². The molecule has 0 radical (unpaired) electrons. The van der Waals surface area contributed by atoms with Crippen LogP contribution >= 0.6 is 0 Å². The van der Waals surface area contributed by atoms with Crippen LogP contribution in [0, 0.1) is 0 Å². The van der Waals surface area contributed by atoms with E-state index in [1.165, 1.54) is 19.3 Å². The van der Waals surface area contributed by atoms with Crippen molar-refractivity contribution in [2.24, 2.45) is 5.73 Å². The first-order valence-corrected chi connectivity index (χ1v) is 4.75. The van der Waals surface area contributed by atoms with Gasteiger partial charge in [-0.1, -0.05) is 0 Å². The predicted octanol–water partition coefficient (Wildman–Crippen LogP) is 0.670. The van der Waals surface area contributed by atoms with Crippen molar-refractivity contribution < 1.29 is 9.47 Å². The first-order chi connectivity index (χ1) is 5.81. The Labute approximate surface area is 73.2 Å². The summed E-state index contributed by atoms with van der Waals surface area (Å²) in [6, 6.07) is 0.195. The van der Waals surface area contributed by atoms with Crippen LogP contribution in [0.2, 0.25) is 0 Å². The summed E-state index contributed by atoms with van der Waals surface area (Å²) in [6.07, 6.45) is 5.65. The molecule has 3 nitrogen and oxygen atoms in total. The highest BCUT2D eigenvalue weighted by Crippen LogP contribution is 2.31. The van der Waals surface area contributed by atoms with Crippen molar-refractivity contribution in [2.75, 3.05) is 7.11 Å². The van der Waals surface area contributed by atoms with Gasteiger partial charge in [-0.05, 0) is 25.7 Å². The molecule has 0 aromatic heterocycles. The van der Waals surface area contributed by atoms with E-state index in [2.05, 4.69) is 0 Å². The van der Waals surface area contributed by atoms with Gasteiger partial charge in [-0.3, -0.25) is 0 Å². The van der Waals surface area contributed by atoms with E-state index in [1.54, 1.807) is 7.11 Å². The summed E-state index contributed by atoms with van der Waals surface area (Å²) < 4.78 is 11.0. The van der Waals surface area contributed by atoms with Crippen LogP contribution < -0.4 is 5.73 Å². The van der Waals surface area contributed by atoms with E-state index in [0.29, 0.717) is 6.10 Å². The lowest BCUT2D eigenvalue weighted by atomic mass is 9.85. The first kappa shape index (κ1) is 8.48. The summed E-state index contributed by atoms with van der Waals surface area (Å²) in [4.78, 5) is 0. The molecule has 2 aliphatic rings. The molecule has 0 aromatic carbocycles. The molecule has 0 aliphatic heterocycles. The number of rotatable bonds is 3. The first-order valence-electron chi connectivity index (χ1n) is 4.75. The van der Waals surface area contributed by atoms with Crippen molar-refractivity contribution in [3.63, 3.8) is 0 Å². The maximum absolute atomic E-state index is 5.79. The molecule has 0 aromatic rings. The molecule has 12 heavy (non-hydrogen) atoms. The molecule has 2 aliphatic carbocycles. The Morgan fingerprint density at radius 2 is 2.08 bits per heavy atom. The van der Waals surface area contributed by atoms with Crippen LogP contribution in [-0.2, 0) is 9.47 Å². The van der Waals surface area contributed by atoms with Crippen LogP contribution in [-0.4, -0.2) is 31.5 Å². The topological polar surface area (TPSA) is 44.5 Å². The quantitative estimate of drug-likeness (QED) is 0.678. The average Bonchev–Trinajstić information content (AvgIpc) is 1.94. The van der Waals surface area contributed by atoms with Crippen molar-refractivity contribution >= 4 is 0 Å². The smallest absolute Gasteiger partial charge is 0.0984 e. The summed E-state index contributed by atoms with van der Waals surface area (Å²) in [5.74, 6) is 0. The van der Waals surface area contributed by atoms with Gasteiger partial charge in [0.15, 0.2) is 0 Å². The fourth-order valence-electron chi connectivity index (χ4n) is 1.83. The van der Waals surface area contributed by atoms with Crippen molar-refractivity contribution in [3.8, 4) is 0 Å². The zero-order valence-electron chi connectivity index (χ0n) is 7.53. The molecule has 2 fully saturated rings. The highest BCUT2D eigenvalue weighted by atomic mass is 16.5. The van der Waals surface area contributed by atoms with E-state index >= 15 is 0 Å². The molecule has 3 heteroatoms. The summed E-state index contributed by atoms with van der Waals surface area (Å²) in [7, 11) is 1.71. The van der Waals surface area contributed by atoms with E-state index < -0.39 is 0 Å². The predicted molar refractivity (Wildman–Crippen MR) is 45.9 cm³/mol. The fraction of sp³-hybridized carbons (Fsp3) is 1.00. The Morgan fingerprint density at radius 3 is 2.50 bits per heavy atom. The molecule has 2 N–H and O–H groups in total. The molecule has 0 bridgehead atoms. The van der Waals surface area contributed by atoms with Gasteiger partial charge < -0.3 is 15.2 Å². The summed E-state index contributed by atoms with van der Waals surface area (Å²) in [5, 5.41) is 0. The Hall–Kier alpha value is -0.120. The van der Waals surface area contributed by atoms with Crippen molar-refractivity contribution in [1.29, 1.82) is 0 Å². The molecule has 0 spiro atoms. The van der Waals surface area contributed by atoms with Crippen molar-refractivity contribution in [1.82, 2.24) is 0 Å². The summed E-state index contributed by atoms with van der Waals surface area (Å²) in [6.45, 7) is 0. The Bertz CT molecular complexity index is 159. The second-order valence-electron chi connectivity index (χ2n) is 3.83. The van der Waals surface area contributed by atoms with E-state index in [1.807, 2.05) is 0 Å². The van der Waals surface area contributed by atoms with Gasteiger partial charge in [-0.25, -0.2) is 0 Å². The molecule has 2 saturated carbocycles. The number of hydrogen-bond acceptors (Lipinski definition) is 3.